The molecule has 0 unspecified atom stereocenters. The van der Waals surface area contributed by atoms with Gasteiger partial charge < -0.3 is 4.74 Å². The molecule has 3 aliphatic rings. The van der Waals surface area contributed by atoms with Gasteiger partial charge in [0.05, 0.1) is 24.3 Å². The van der Waals surface area contributed by atoms with Crippen LogP contribution in [0.1, 0.15) is 30.5 Å². The van der Waals surface area contributed by atoms with E-state index in [-0.39, 0.29) is 17.9 Å². The molecular weight excluding hydrogens is 426 g/mol. The number of benzene rings is 3. The van der Waals surface area contributed by atoms with Gasteiger partial charge in [0.15, 0.2) is 5.54 Å². The fourth-order valence-electron chi connectivity index (χ4n) is 6.09. The van der Waals surface area contributed by atoms with Crippen molar-refractivity contribution in [2.24, 2.45) is 5.92 Å². The number of hydrogen-bond donors (Lipinski definition) is 0. The van der Waals surface area contributed by atoms with Crippen molar-refractivity contribution < 1.29 is 14.3 Å². The van der Waals surface area contributed by atoms with Gasteiger partial charge in [-0.05, 0) is 48.7 Å². The first kappa shape index (κ1) is 21.1. The molecule has 3 heterocycles. The minimum absolute atomic E-state index is 0.152. The van der Waals surface area contributed by atoms with Crippen molar-refractivity contribution in [2.75, 3.05) is 24.6 Å². The monoisotopic (exact) mass is 453 g/mol. The number of hydrazine groups is 1. The third-order valence-electron chi connectivity index (χ3n) is 7.34. The summed E-state index contributed by atoms with van der Waals surface area (Å²) in [5.41, 5.74) is 1.46. The summed E-state index contributed by atoms with van der Waals surface area (Å²) in [7, 11) is 0. The summed E-state index contributed by atoms with van der Waals surface area (Å²) in [5, 5.41) is 4.44. The maximum atomic E-state index is 14.5. The highest BCUT2D eigenvalue weighted by atomic mass is 16.5. The Kier molecular flexibility index (Phi) is 5.01. The standard InChI is InChI=1S/C28H27N3O3/c1-2-34-23-16-14-22(15-17-23)31-26(32)24-25(20-10-5-3-6-11-20)29-18-9-19-30(29)28(24,27(31)33)21-12-7-4-8-13-21/h3-8,10-17,24-25H,2,9,18-19H2,1H3/t24-,25-,28-/m0/s1. The number of nitrogens with zero attached hydrogens (tertiary/aromatic N) is 3. The van der Waals surface area contributed by atoms with Crippen molar-refractivity contribution in [1.29, 1.82) is 0 Å². The van der Waals surface area contributed by atoms with E-state index in [0.29, 0.717) is 12.3 Å². The van der Waals surface area contributed by atoms with Gasteiger partial charge in [-0.1, -0.05) is 60.7 Å². The van der Waals surface area contributed by atoms with Crippen molar-refractivity contribution in [3.8, 4) is 5.75 Å². The molecule has 0 spiro atoms. The summed E-state index contributed by atoms with van der Waals surface area (Å²) in [4.78, 5) is 30.1. The summed E-state index contributed by atoms with van der Waals surface area (Å²) in [5.74, 6) is -0.155. The van der Waals surface area contributed by atoms with Gasteiger partial charge in [0.2, 0.25) is 5.91 Å². The summed E-state index contributed by atoms with van der Waals surface area (Å²) in [6, 6.07) is 27.0. The third kappa shape index (κ3) is 2.82. The van der Waals surface area contributed by atoms with Crippen molar-refractivity contribution in [3.05, 3.63) is 96.1 Å². The van der Waals surface area contributed by atoms with Gasteiger partial charge in [-0.15, -0.1) is 0 Å². The number of rotatable bonds is 5. The second-order valence-corrected chi connectivity index (χ2v) is 9.01. The molecule has 0 radical (unpaired) electrons. The number of hydrogen-bond acceptors (Lipinski definition) is 5. The Morgan fingerprint density at radius 3 is 2.24 bits per heavy atom. The molecule has 3 atom stereocenters. The van der Waals surface area contributed by atoms with E-state index >= 15 is 0 Å². The molecule has 6 heteroatoms. The Morgan fingerprint density at radius 1 is 0.882 bits per heavy atom. The maximum Gasteiger partial charge on any atom is 0.261 e. The molecule has 2 amide bonds. The largest absolute Gasteiger partial charge is 0.494 e. The van der Waals surface area contributed by atoms with Crippen molar-refractivity contribution in [3.63, 3.8) is 0 Å². The lowest BCUT2D eigenvalue weighted by molar-refractivity contribution is -0.134. The zero-order chi connectivity index (χ0) is 23.3. The summed E-state index contributed by atoms with van der Waals surface area (Å²) >= 11 is 0. The number of anilines is 1. The molecule has 3 aromatic carbocycles. The Bertz CT molecular complexity index is 1210. The van der Waals surface area contributed by atoms with Gasteiger partial charge in [0, 0.05) is 13.1 Å². The van der Waals surface area contributed by atoms with Crippen molar-refractivity contribution >= 4 is 17.5 Å². The van der Waals surface area contributed by atoms with E-state index in [2.05, 4.69) is 22.2 Å². The highest BCUT2D eigenvalue weighted by Gasteiger charge is 2.73. The predicted molar refractivity (Wildman–Crippen MR) is 129 cm³/mol. The van der Waals surface area contributed by atoms with Gasteiger partial charge in [0.25, 0.3) is 5.91 Å². The maximum absolute atomic E-state index is 14.5. The van der Waals surface area contributed by atoms with Crippen LogP contribution in [0.15, 0.2) is 84.9 Å². The first-order chi connectivity index (χ1) is 16.7. The number of amides is 2. The minimum Gasteiger partial charge on any atom is -0.494 e. The van der Waals surface area contributed by atoms with Crippen LogP contribution in [0.5, 0.6) is 5.75 Å². The fraction of sp³-hybridized carbons (Fsp3) is 0.286. The second kappa shape index (κ2) is 8.08. The Hall–Kier alpha value is -3.48. The summed E-state index contributed by atoms with van der Waals surface area (Å²) in [6.07, 6.45) is 0.954. The van der Waals surface area contributed by atoms with E-state index < -0.39 is 11.5 Å². The molecule has 0 aromatic heterocycles. The first-order valence-corrected chi connectivity index (χ1v) is 11.9. The van der Waals surface area contributed by atoms with E-state index in [4.69, 9.17) is 4.74 Å². The molecule has 0 bridgehead atoms. The molecule has 3 aliphatic heterocycles. The van der Waals surface area contributed by atoms with Gasteiger partial charge in [0.1, 0.15) is 5.75 Å². The highest BCUT2D eigenvalue weighted by Crippen LogP contribution is 2.59. The van der Waals surface area contributed by atoms with Crippen LogP contribution in [-0.4, -0.2) is 41.5 Å². The average molecular weight is 454 g/mol. The molecule has 0 saturated carbocycles. The smallest absolute Gasteiger partial charge is 0.261 e. The number of ether oxygens (including phenoxy) is 1. The number of fused-ring (bicyclic) bond motifs is 3. The summed E-state index contributed by atoms with van der Waals surface area (Å²) in [6.45, 7) is 4.06. The van der Waals surface area contributed by atoms with Crippen LogP contribution in [0, 0.1) is 5.92 Å². The van der Waals surface area contributed by atoms with Crippen LogP contribution in [-0.2, 0) is 15.1 Å². The lowest BCUT2D eigenvalue weighted by Crippen LogP contribution is -2.52. The Balaban J connectivity index is 1.54. The molecule has 172 valence electrons. The third-order valence-corrected chi connectivity index (χ3v) is 7.34. The molecule has 34 heavy (non-hydrogen) atoms. The van der Waals surface area contributed by atoms with Crippen LogP contribution in [0.2, 0.25) is 0 Å². The lowest BCUT2D eigenvalue weighted by Gasteiger charge is -2.36. The van der Waals surface area contributed by atoms with E-state index in [1.165, 1.54) is 4.90 Å². The average Bonchev–Trinajstić information content (AvgIpc) is 3.52. The molecule has 6 nitrogen and oxygen atoms in total. The van der Waals surface area contributed by atoms with E-state index in [1.807, 2.05) is 67.6 Å². The number of imide groups is 1. The van der Waals surface area contributed by atoms with Gasteiger partial charge in [-0.2, -0.15) is 0 Å². The Morgan fingerprint density at radius 2 is 1.56 bits per heavy atom. The van der Waals surface area contributed by atoms with Crippen LogP contribution in [0.4, 0.5) is 5.69 Å². The van der Waals surface area contributed by atoms with E-state index in [1.54, 1.807) is 12.1 Å². The quantitative estimate of drug-likeness (QED) is 0.544. The van der Waals surface area contributed by atoms with Gasteiger partial charge in [-0.3, -0.25) is 9.59 Å². The van der Waals surface area contributed by atoms with Crippen LogP contribution < -0.4 is 9.64 Å². The SMILES string of the molecule is CCOc1ccc(N2C(=O)[C@@H]3[C@H](c4ccccc4)N4CCCN4[C@]3(c3ccccc3)C2=O)cc1. The fourth-order valence-corrected chi connectivity index (χ4v) is 6.09. The molecule has 0 N–H and O–H groups in total. The van der Waals surface area contributed by atoms with E-state index in [9.17, 15) is 9.59 Å². The lowest BCUT2D eigenvalue weighted by atomic mass is 9.75. The highest BCUT2D eigenvalue weighted by molar-refractivity contribution is 6.26. The van der Waals surface area contributed by atoms with Crippen LogP contribution in [0.25, 0.3) is 0 Å². The first-order valence-electron chi connectivity index (χ1n) is 11.9. The zero-order valence-electron chi connectivity index (χ0n) is 19.1. The molecular formula is C28H27N3O3. The predicted octanol–water partition coefficient (Wildman–Crippen LogP) is 4.15. The molecule has 3 fully saturated rings. The number of carbonyl (C=O) groups is 2. The van der Waals surface area contributed by atoms with Gasteiger partial charge in [-0.25, -0.2) is 14.9 Å². The van der Waals surface area contributed by atoms with E-state index in [0.717, 1.165) is 36.4 Å². The Labute approximate surface area is 199 Å². The zero-order valence-corrected chi connectivity index (χ0v) is 19.1. The van der Waals surface area contributed by atoms with Crippen LogP contribution in [0.3, 0.4) is 0 Å². The molecule has 3 aromatic rings. The molecule has 3 saturated heterocycles. The van der Waals surface area contributed by atoms with Gasteiger partial charge >= 0.3 is 0 Å². The topological polar surface area (TPSA) is 53.1 Å². The summed E-state index contributed by atoms with van der Waals surface area (Å²) < 4.78 is 5.57. The van der Waals surface area contributed by atoms with Crippen molar-refractivity contribution in [2.45, 2.75) is 24.9 Å². The molecule has 6 rings (SSSR count). The second-order valence-electron chi connectivity index (χ2n) is 9.01. The van der Waals surface area contributed by atoms with Crippen molar-refractivity contribution in [1.82, 2.24) is 10.0 Å². The molecule has 0 aliphatic carbocycles. The van der Waals surface area contributed by atoms with Crippen LogP contribution >= 0.6 is 0 Å². The normalized spacial score (nSPS) is 26.7. The number of carbonyl (C=O) groups excluding carboxylic acids is 2. The minimum atomic E-state index is -1.06.